The lowest BCUT2D eigenvalue weighted by molar-refractivity contribution is -0.138. The van der Waals surface area contributed by atoms with Gasteiger partial charge in [-0.25, -0.2) is 4.98 Å². The van der Waals surface area contributed by atoms with Crippen molar-refractivity contribution < 1.29 is 13.2 Å². The van der Waals surface area contributed by atoms with Crippen LogP contribution in [0.15, 0.2) is 36.7 Å². The molecule has 0 saturated carbocycles. The maximum absolute atomic E-state index is 12.9. The van der Waals surface area contributed by atoms with Gasteiger partial charge in [-0.1, -0.05) is 18.2 Å². The van der Waals surface area contributed by atoms with E-state index in [0.29, 0.717) is 0 Å². The summed E-state index contributed by atoms with van der Waals surface area (Å²) < 4.78 is 40.4. The monoisotopic (exact) mass is 283 g/mol. The summed E-state index contributed by atoms with van der Waals surface area (Å²) in [7, 11) is 1.85. The van der Waals surface area contributed by atoms with Crippen molar-refractivity contribution in [3.05, 3.63) is 53.6 Å². The molecule has 3 nitrogen and oxygen atoms in total. The molecule has 0 aliphatic rings. The number of halogens is 3. The van der Waals surface area contributed by atoms with Gasteiger partial charge in [0.15, 0.2) is 0 Å². The van der Waals surface area contributed by atoms with E-state index in [2.05, 4.69) is 10.3 Å². The molecule has 2 rings (SSSR count). The third-order valence-electron chi connectivity index (χ3n) is 3.17. The molecule has 0 aliphatic heterocycles. The van der Waals surface area contributed by atoms with E-state index in [9.17, 15) is 13.2 Å². The Morgan fingerprint density at radius 1 is 1.30 bits per heavy atom. The molecular formula is C14H16F3N3. The Morgan fingerprint density at radius 3 is 2.60 bits per heavy atom. The highest BCUT2D eigenvalue weighted by Gasteiger charge is 2.32. The smallest absolute Gasteiger partial charge is 0.337 e. The van der Waals surface area contributed by atoms with E-state index in [-0.39, 0.29) is 18.2 Å². The van der Waals surface area contributed by atoms with Crippen molar-refractivity contribution in [1.29, 1.82) is 0 Å². The Morgan fingerprint density at radius 2 is 2.00 bits per heavy atom. The van der Waals surface area contributed by atoms with E-state index in [1.807, 2.05) is 18.5 Å². The minimum Gasteiger partial charge on any atom is -0.337 e. The molecule has 0 aliphatic carbocycles. The van der Waals surface area contributed by atoms with Crippen molar-refractivity contribution in [3.63, 3.8) is 0 Å². The Labute approximate surface area is 115 Å². The van der Waals surface area contributed by atoms with Gasteiger partial charge in [-0.3, -0.25) is 0 Å². The minimum absolute atomic E-state index is 0.128. The average Bonchev–Trinajstić information content (AvgIpc) is 2.81. The van der Waals surface area contributed by atoms with Crippen molar-refractivity contribution in [2.45, 2.75) is 25.7 Å². The van der Waals surface area contributed by atoms with Gasteiger partial charge in [-0.15, -0.1) is 0 Å². The number of alkyl halides is 3. The molecule has 0 spiro atoms. The number of benzene rings is 1. The fraction of sp³-hybridized carbons (Fsp3) is 0.357. The number of rotatable bonds is 4. The van der Waals surface area contributed by atoms with Crippen LogP contribution in [-0.2, 0) is 19.8 Å². The molecule has 0 fully saturated rings. The molecule has 1 unspecified atom stereocenters. The van der Waals surface area contributed by atoms with Crippen molar-refractivity contribution in [2.75, 3.05) is 0 Å². The highest BCUT2D eigenvalue weighted by molar-refractivity contribution is 5.29. The molecule has 108 valence electrons. The SMILES string of the molecule is CC(NCc1ccccc1C(F)(F)F)c1nccn1C. The zero-order chi connectivity index (χ0) is 14.8. The van der Waals surface area contributed by atoms with E-state index in [1.54, 1.807) is 18.5 Å². The molecule has 20 heavy (non-hydrogen) atoms. The first-order chi connectivity index (χ1) is 9.39. The fourth-order valence-corrected chi connectivity index (χ4v) is 2.10. The van der Waals surface area contributed by atoms with Crippen LogP contribution in [0, 0.1) is 0 Å². The molecule has 1 atom stereocenters. The highest BCUT2D eigenvalue weighted by Crippen LogP contribution is 2.31. The van der Waals surface area contributed by atoms with Crippen LogP contribution in [-0.4, -0.2) is 9.55 Å². The number of nitrogens with one attached hydrogen (secondary N) is 1. The van der Waals surface area contributed by atoms with E-state index in [1.165, 1.54) is 12.1 Å². The molecule has 0 bridgehead atoms. The Bertz CT molecular complexity index is 575. The first-order valence-corrected chi connectivity index (χ1v) is 6.25. The number of imidazole rings is 1. The van der Waals surface area contributed by atoms with Gasteiger partial charge in [-0.05, 0) is 18.6 Å². The van der Waals surface area contributed by atoms with Crippen LogP contribution in [0.3, 0.4) is 0 Å². The lowest BCUT2D eigenvalue weighted by atomic mass is 10.1. The Hall–Kier alpha value is -1.82. The van der Waals surface area contributed by atoms with E-state index >= 15 is 0 Å². The summed E-state index contributed by atoms with van der Waals surface area (Å²) in [6, 6.07) is 5.46. The third-order valence-corrected chi connectivity index (χ3v) is 3.17. The number of hydrogen-bond acceptors (Lipinski definition) is 2. The van der Waals surface area contributed by atoms with Gasteiger partial charge < -0.3 is 9.88 Å². The van der Waals surface area contributed by atoms with Crippen LogP contribution < -0.4 is 5.32 Å². The third kappa shape index (κ3) is 3.19. The van der Waals surface area contributed by atoms with Crippen LogP contribution in [0.1, 0.15) is 29.9 Å². The Balaban J connectivity index is 2.10. The largest absolute Gasteiger partial charge is 0.416 e. The maximum Gasteiger partial charge on any atom is 0.416 e. The van der Waals surface area contributed by atoms with Crippen molar-refractivity contribution in [3.8, 4) is 0 Å². The van der Waals surface area contributed by atoms with Gasteiger partial charge in [-0.2, -0.15) is 13.2 Å². The number of hydrogen-bond donors (Lipinski definition) is 1. The van der Waals surface area contributed by atoms with E-state index in [0.717, 1.165) is 11.9 Å². The van der Waals surface area contributed by atoms with Crippen LogP contribution >= 0.6 is 0 Å². The van der Waals surface area contributed by atoms with Gasteiger partial charge in [0.2, 0.25) is 0 Å². The number of aromatic nitrogens is 2. The number of nitrogens with zero attached hydrogens (tertiary/aromatic N) is 2. The summed E-state index contributed by atoms with van der Waals surface area (Å²) in [6.45, 7) is 2.02. The van der Waals surface area contributed by atoms with Gasteiger partial charge in [0.05, 0.1) is 11.6 Å². The molecule has 1 heterocycles. The molecule has 1 aromatic heterocycles. The van der Waals surface area contributed by atoms with Gasteiger partial charge in [0.25, 0.3) is 0 Å². The predicted octanol–water partition coefficient (Wildman–Crippen LogP) is 3.29. The van der Waals surface area contributed by atoms with Crippen LogP contribution in [0.5, 0.6) is 0 Å². The van der Waals surface area contributed by atoms with Crippen molar-refractivity contribution in [2.24, 2.45) is 7.05 Å². The molecule has 1 aromatic carbocycles. The minimum atomic E-state index is -4.33. The van der Waals surface area contributed by atoms with E-state index in [4.69, 9.17) is 0 Å². The zero-order valence-corrected chi connectivity index (χ0v) is 11.3. The summed E-state index contributed by atoms with van der Waals surface area (Å²) in [4.78, 5) is 4.18. The molecule has 0 amide bonds. The van der Waals surface area contributed by atoms with Crippen LogP contribution in [0.25, 0.3) is 0 Å². The summed E-state index contributed by atoms with van der Waals surface area (Å²) >= 11 is 0. The van der Waals surface area contributed by atoms with Gasteiger partial charge >= 0.3 is 6.18 Å². The molecular weight excluding hydrogens is 267 g/mol. The van der Waals surface area contributed by atoms with Gasteiger partial charge in [0, 0.05) is 26.0 Å². The topological polar surface area (TPSA) is 29.9 Å². The van der Waals surface area contributed by atoms with E-state index < -0.39 is 11.7 Å². The first kappa shape index (κ1) is 14.6. The van der Waals surface area contributed by atoms with Crippen LogP contribution in [0.4, 0.5) is 13.2 Å². The molecule has 2 aromatic rings. The predicted molar refractivity (Wildman–Crippen MR) is 69.9 cm³/mol. The number of aryl methyl sites for hydroxylation is 1. The standard InChI is InChI=1S/C14H16F3N3/c1-10(13-18-7-8-20(13)2)19-9-11-5-3-4-6-12(11)14(15,16)17/h3-8,10,19H,9H2,1-2H3. The maximum atomic E-state index is 12.9. The second-order valence-corrected chi connectivity index (χ2v) is 4.65. The lowest BCUT2D eigenvalue weighted by Gasteiger charge is -2.17. The highest BCUT2D eigenvalue weighted by atomic mass is 19.4. The molecule has 1 N–H and O–H groups in total. The average molecular weight is 283 g/mol. The van der Waals surface area contributed by atoms with Crippen molar-refractivity contribution in [1.82, 2.24) is 14.9 Å². The zero-order valence-electron chi connectivity index (χ0n) is 11.3. The van der Waals surface area contributed by atoms with Gasteiger partial charge in [0.1, 0.15) is 5.82 Å². The summed E-state index contributed by atoms with van der Waals surface area (Å²) in [6.07, 6.45) is -0.862. The van der Waals surface area contributed by atoms with Crippen LogP contribution in [0.2, 0.25) is 0 Å². The second-order valence-electron chi connectivity index (χ2n) is 4.65. The lowest BCUT2D eigenvalue weighted by Crippen LogP contribution is -2.22. The molecule has 0 saturated heterocycles. The Kier molecular flexibility index (Phi) is 4.13. The quantitative estimate of drug-likeness (QED) is 0.933. The summed E-state index contributed by atoms with van der Waals surface area (Å²) in [5, 5.41) is 3.07. The molecule has 0 radical (unpaired) electrons. The first-order valence-electron chi connectivity index (χ1n) is 6.25. The normalized spacial score (nSPS) is 13.4. The molecule has 6 heteroatoms. The van der Waals surface area contributed by atoms with Crippen molar-refractivity contribution >= 4 is 0 Å². The second kappa shape index (κ2) is 5.66. The summed E-state index contributed by atoms with van der Waals surface area (Å²) in [5.74, 6) is 0.787. The summed E-state index contributed by atoms with van der Waals surface area (Å²) in [5.41, 5.74) is -0.361. The fourth-order valence-electron chi connectivity index (χ4n) is 2.10.